The molecular formula is C4H8F3NO5S. The first kappa shape index (κ1) is 15.6. The molecule has 14 heavy (non-hydrogen) atoms. The lowest BCUT2D eigenvalue weighted by molar-refractivity contribution is -0.169. The molecule has 0 saturated heterocycles. The van der Waals surface area contributed by atoms with Gasteiger partial charge in [0, 0.05) is 0 Å². The Labute approximate surface area is 78.1 Å². The molecule has 10 heteroatoms. The lowest BCUT2D eigenvalue weighted by atomic mass is 10.6. The fraction of sp³-hybridized carbons (Fsp3) is 0.750. The second-order valence-electron chi connectivity index (χ2n) is 1.60. The van der Waals surface area contributed by atoms with Gasteiger partial charge < -0.3 is 5.73 Å². The Balaban J connectivity index is 0. The summed E-state index contributed by atoms with van der Waals surface area (Å²) in [6.07, 6.45) is -4.86. The molecule has 0 heterocycles. The van der Waals surface area contributed by atoms with Gasteiger partial charge >= 0.3 is 22.5 Å². The van der Waals surface area contributed by atoms with E-state index in [2.05, 4.69) is 14.1 Å². The monoisotopic (exact) mass is 239 g/mol. The van der Waals surface area contributed by atoms with E-state index in [9.17, 15) is 21.6 Å². The van der Waals surface area contributed by atoms with Crippen molar-refractivity contribution in [3.8, 4) is 0 Å². The molecule has 0 rings (SSSR count). The van der Waals surface area contributed by atoms with Gasteiger partial charge in [-0.05, 0) is 0 Å². The van der Waals surface area contributed by atoms with Crippen LogP contribution in [0.1, 0.15) is 0 Å². The van der Waals surface area contributed by atoms with E-state index >= 15 is 0 Å². The summed E-state index contributed by atoms with van der Waals surface area (Å²) in [6.45, 7) is 0. The van der Waals surface area contributed by atoms with Crippen molar-refractivity contribution < 1.29 is 34.7 Å². The van der Waals surface area contributed by atoms with Crippen LogP contribution in [-0.4, -0.2) is 34.7 Å². The molecule has 0 aliphatic rings. The third kappa shape index (κ3) is 9.22. The van der Waals surface area contributed by atoms with E-state index in [0.29, 0.717) is 0 Å². The number of halogens is 3. The van der Waals surface area contributed by atoms with Crippen molar-refractivity contribution in [1.82, 2.24) is 0 Å². The Kier molecular flexibility index (Phi) is 6.43. The molecule has 0 fully saturated rings. The Morgan fingerprint density at radius 1 is 1.21 bits per heavy atom. The molecule has 0 radical (unpaired) electrons. The zero-order valence-electron chi connectivity index (χ0n) is 7.16. The van der Waals surface area contributed by atoms with Gasteiger partial charge in [0.05, 0.1) is 14.2 Å². The van der Waals surface area contributed by atoms with Gasteiger partial charge in [0.1, 0.15) is 0 Å². The maximum Gasteiger partial charge on any atom is 0.470 e. The molecule has 0 spiro atoms. The number of nitrogens with two attached hydrogens (primary N) is 1. The van der Waals surface area contributed by atoms with Crippen molar-refractivity contribution in [1.29, 1.82) is 0 Å². The molecule has 0 aliphatic heterocycles. The predicted octanol–water partition coefficient (Wildman–Crippen LogP) is -0.442. The maximum atomic E-state index is 10.7. The number of hydrogen-bond donors (Lipinski definition) is 1. The molecule has 0 atom stereocenters. The highest BCUT2D eigenvalue weighted by atomic mass is 32.3. The van der Waals surface area contributed by atoms with E-state index in [1.54, 1.807) is 0 Å². The predicted molar refractivity (Wildman–Crippen MR) is 38.2 cm³/mol. The van der Waals surface area contributed by atoms with Crippen LogP contribution < -0.4 is 5.73 Å². The minimum atomic E-state index is -4.86. The number of carbonyl (C=O) groups excluding carboxylic acids is 1. The minimum absolute atomic E-state index is 1.03. The summed E-state index contributed by atoms with van der Waals surface area (Å²) < 4.78 is 59.6. The van der Waals surface area contributed by atoms with Crippen molar-refractivity contribution in [3.63, 3.8) is 0 Å². The van der Waals surface area contributed by atoms with Gasteiger partial charge in [-0.1, -0.05) is 0 Å². The molecule has 0 aromatic rings. The minimum Gasteiger partial charge on any atom is -0.362 e. The van der Waals surface area contributed by atoms with Crippen LogP contribution in [0.5, 0.6) is 0 Å². The highest BCUT2D eigenvalue weighted by molar-refractivity contribution is 7.81. The molecular weight excluding hydrogens is 231 g/mol. The zero-order valence-corrected chi connectivity index (χ0v) is 7.98. The molecule has 0 bridgehead atoms. The molecule has 0 saturated carbocycles. The summed E-state index contributed by atoms with van der Waals surface area (Å²) in [5.74, 6) is -2.26. The van der Waals surface area contributed by atoms with Gasteiger partial charge in [-0.2, -0.15) is 21.6 Å². The van der Waals surface area contributed by atoms with Crippen LogP contribution in [0, 0.1) is 0 Å². The van der Waals surface area contributed by atoms with E-state index in [-0.39, 0.29) is 0 Å². The third-order valence-electron chi connectivity index (χ3n) is 0.688. The fourth-order valence-electron chi connectivity index (χ4n) is 0.0680. The van der Waals surface area contributed by atoms with Gasteiger partial charge in [0.2, 0.25) is 0 Å². The average Bonchev–Trinajstić information content (AvgIpc) is 2.04. The van der Waals surface area contributed by atoms with E-state index in [1.807, 2.05) is 0 Å². The number of rotatable bonds is 2. The van der Waals surface area contributed by atoms with E-state index < -0.39 is 22.5 Å². The molecule has 1 amide bonds. The summed E-state index contributed by atoms with van der Waals surface area (Å²) in [7, 11) is -1.60. The van der Waals surface area contributed by atoms with E-state index in [0.717, 1.165) is 14.2 Å². The van der Waals surface area contributed by atoms with Crippen LogP contribution in [0.15, 0.2) is 0 Å². The number of alkyl halides is 3. The maximum absolute atomic E-state index is 10.7. The second-order valence-corrected chi connectivity index (χ2v) is 3.09. The fourth-order valence-corrected chi connectivity index (χ4v) is 0.204. The van der Waals surface area contributed by atoms with Crippen LogP contribution in [0.3, 0.4) is 0 Å². The number of amides is 1. The molecule has 0 aromatic carbocycles. The lowest BCUT2D eigenvalue weighted by Crippen LogP contribution is -2.30. The standard InChI is InChI=1S/C2H2F3NO.C2H6O4S/c3-2(4,5)1(6)7;1-5-7(3,4)6-2/h(H2,6,7);1-2H3. The number of hydrogen-bond acceptors (Lipinski definition) is 5. The summed E-state index contributed by atoms with van der Waals surface area (Å²) in [6, 6.07) is 0. The molecule has 0 aromatic heterocycles. The van der Waals surface area contributed by atoms with Crippen LogP contribution in [0.25, 0.3) is 0 Å². The van der Waals surface area contributed by atoms with Gasteiger partial charge in [-0.3, -0.25) is 13.2 Å². The van der Waals surface area contributed by atoms with Gasteiger partial charge in [0.25, 0.3) is 0 Å². The summed E-state index contributed by atoms with van der Waals surface area (Å²) in [4.78, 5) is 9.12. The number of primary amides is 1. The lowest BCUT2D eigenvalue weighted by Gasteiger charge is -1.95. The SMILES string of the molecule is COS(=O)(=O)OC.NC(=O)C(F)(F)F. The number of carbonyl (C=O) groups is 1. The van der Waals surface area contributed by atoms with E-state index in [1.165, 1.54) is 0 Å². The molecule has 6 nitrogen and oxygen atoms in total. The largest absolute Gasteiger partial charge is 0.470 e. The first-order valence-corrected chi connectivity index (χ1v) is 4.13. The van der Waals surface area contributed by atoms with Gasteiger partial charge in [-0.15, -0.1) is 0 Å². The molecule has 86 valence electrons. The van der Waals surface area contributed by atoms with Crippen molar-refractivity contribution in [3.05, 3.63) is 0 Å². The highest BCUT2D eigenvalue weighted by Crippen LogP contribution is 2.11. The summed E-state index contributed by atoms with van der Waals surface area (Å²) in [5, 5.41) is 0. The first-order valence-electron chi connectivity index (χ1n) is 2.79. The van der Waals surface area contributed by atoms with Crippen molar-refractivity contribution in [2.45, 2.75) is 6.18 Å². The first-order chi connectivity index (χ1) is 6.06. The van der Waals surface area contributed by atoms with Crippen molar-refractivity contribution in [2.24, 2.45) is 5.73 Å². The van der Waals surface area contributed by atoms with Crippen LogP contribution >= 0.6 is 0 Å². The topological polar surface area (TPSA) is 95.7 Å². The molecule has 0 aliphatic carbocycles. The Morgan fingerprint density at radius 3 is 1.43 bits per heavy atom. The van der Waals surface area contributed by atoms with Crippen LogP contribution in [0.4, 0.5) is 13.2 Å². The average molecular weight is 239 g/mol. The smallest absolute Gasteiger partial charge is 0.362 e. The highest BCUT2D eigenvalue weighted by Gasteiger charge is 2.35. The van der Waals surface area contributed by atoms with E-state index in [4.69, 9.17) is 4.79 Å². The van der Waals surface area contributed by atoms with Crippen LogP contribution in [0.2, 0.25) is 0 Å². The summed E-state index contributed by atoms with van der Waals surface area (Å²) >= 11 is 0. The van der Waals surface area contributed by atoms with Gasteiger partial charge in [0.15, 0.2) is 0 Å². The second kappa shape index (κ2) is 5.78. The molecule has 2 N–H and O–H groups in total. The van der Waals surface area contributed by atoms with Crippen LogP contribution in [-0.2, 0) is 23.6 Å². The van der Waals surface area contributed by atoms with Crippen molar-refractivity contribution >= 4 is 16.3 Å². The van der Waals surface area contributed by atoms with Gasteiger partial charge in [-0.25, -0.2) is 0 Å². The Morgan fingerprint density at radius 2 is 1.43 bits per heavy atom. The van der Waals surface area contributed by atoms with Crippen molar-refractivity contribution in [2.75, 3.05) is 14.2 Å². The zero-order chi connectivity index (χ0) is 12.0. The molecule has 0 unspecified atom stereocenters. The Hall–Kier alpha value is -0.870. The summed E-state index contributed by atoms with van der Waals surface area (Å²) in [5.41, 5.74) is 3.81. The quantitative estimate of drug-likeness (QED) is 0.704. The normalized spacial score (nSPS) is 11.5. The Bertz CT molecular complexity index is 261. The third-order valence-corrected chi connectivity index (χ3v) is 1.50.